The van der Waals surface area contributed by atoms with Crippen LogP contribution in [0.2, 0.25) is 0 Å². The monoisotopic (exact) mass is 410 g/mol. The first-order chi connectivity index (χ1) is 12.1. The molecule has 0 heterocycles. The Labute approximate surface area is 161 Å². The van der Waals surface area contributed by atoms with E-state index in [1.807, 2.05) is 6.26 Å². The van der Waals surface area contributed by atoms with E-state index in [0.29, 0.717) is 5.75 Å². The minimum absolute atomic E-state index is 0.0583. The molecule has 7 N–H and O–H groups in total. The number of carboxylic acids is 1. The molecule has 0 saturated carbocycles. The van der Waals surface area contributed by atoms with E-state index in [4.69, 9.17) is 10.8 Å². The van der Waals surface area contributed by atoms with Crippen LogP contribution in [-0.2, 0) is 19.2 Å². The molecule has 0 bridgehead atoms. The molecule has 0 aliphatic heterocycles. The Morgan fingerprint density at radius 2 is 1.77 bits per heavy atom. The number of thiol groups is 1. The third-order valence-corrected chi connectivity index (χ3v) is 4.31. The number of nitrogens with one attached hydrogen (secondary N) is 3. The summed E-state index contributed by atoms with van der Waals surface area (Å²) in [6, 6.07) is -3.31. The molecule has 3 amide bonds. The molecule has 150 valence electrons. The third kappa shape index (κ3) is 9.27. The number of carbonyl (C=O) groups excluding carboxylic acids is 3. The summed E-state index contributed by atoms with van der Waals surface area (Å²) in [4.78, 5) is 46.7. The van der Waals surface area contributed by atoms with Crippen molar-refractivity contribution in [2.45, 2.75) is 37.6 Å². The summed E-state index contributed by atoms with van der Waals surface area (Å²) in [5.74, 6) is -2.75. The van der Waals surface area contributed by atoms with Crippen LogP contribution in [-0.4, -0.2) is 82.4 Å². The normalized spacial score (nSPS) is 15.3. The van der Waals surface area contributed by atoms with Gasteiger partial charge < -0.3 is 31.9 Å². The summed E-state index contributed by atoms with van der Waals surface area (Å²) in [7, 11) is 0. The number of aliphatic hydroxyl groups excluding tert-OH is 1. The van der Waals surface area contributed by atoms with Crippen LogP contribution in [0.3, 0.4) is 0 Å². The summed E-state index contributed by atoms with van der Waals surface area (Å²) in [5, 5.41) is 25.2. The molecule has 4 unspecified atom stereocenters. The number of amides is 3. The fourth-order valence-corrected chi connectivity index (χ4v) is 2.44. The molecule has 0 saturated heterocycles. The SMILES string of the molecule is CSCCC(NC(=O)CNC(=O)C(CS)NC(=O)C(N)C(C)O)C(=O)O. The zero-order chi connectivity index (χ0) is 20.3. The lowest BCUT2D eigenvalue weighted by Gasteiger charge is -2.20. The van der Waals surface area contributed by atoms with Crippen molar-refractivity contribution in [3.05, 3.63) is 0 Å². The van der Waals surface area contributed by atoms with Gasteiger partial charge in [-0.25, -0.2) is 4.79 Å². The summed E-state index contributed by atoms with van der Waals surface area (Å²) < 4.78 is 0. The fourth-order valence-electron chi connectivity index (χ4n) is 1.71. The van der Waals surface area contributed by atoms with Crippen molar-refractivity contribution in [3.63, 3.8) is 0 Å². The molecular weight excluding hydrogens is 384 g/mol. The molecule has 0 spiro atoms. The number of nitrogens with two attached hydrogens (primary N) is 1. The number of hydrogen-bond acceptors (Lipinski definition) is 8. The first-order valence-electron chi connectivity index (χ1n) is 7.77. The highest BCUT2D eigenvalue weighted by molar-refractivity contribution is 7.98. The van der Waals surface area contributed by atoms with E-state index in [1.54, 1.807) is 0 Å². The van der Waals surface area contributed by atoms with E-state index in [1.165, 1.54) is 18.7 Å². The van der Waals surface area contributed by atoms with E-state index in [0.717, 1.165) is 0 Å². The van der Waals surface area contributed by atoms with Gasteiger partial charge in [0.15, 0.2) is 0 Å². The smallest absolute Gasteiger partial charge is 0.326 e. The number of carbonyl (C=O) groups is 4. The Morgan fingerprint density at radius 1 is 1.15 bits per heavy atom. The second-order valence-corrected chi connectivity index (χ2v) is 6.82. The largest absolute Gasteiger partial charge is 0.480 e. The van der Waals surface area contributed by atoms with Crippen molar-refractivity contribution in [2.75, 3.05) is 24.3 Å². The lowest BCUT2D eigenvalue weighted by Crippen LogP contribution is -2.56. The number of aliphatic carboxylic acids is 1. The number of thioether (sulfide) groups is 1. The van der Waals surface area contributed by atoms with Crippen LogP contribution in [0, 0.1) is 0 Å². The maximum Gasteiger partial charge on any atom is 0.326 e. The topological polar surface area (TPSA) is 171 Å². The summed E-state index contributed by atoms with van der Waals surface area (Å²) in [6.07, 6.45) is 0.970. The van der Waals surface area contributed by atoms with Crippen LogP contribution in [0.25, 0.3) is 0 Å². The number of rotatable bonds is 12. The standard InChI is InChI=1S/C14H26N4O6S2/c1-7(19)11(15)13(22)18-9(6-25)12(21)16-5-10(20)17-8(14(23)24)3-4-26-2/h7-9,11,19,25H,3-6,15H2,1-2H3,(H,16,21)(H,17,20)(H,18,22)(H,23,24). The molecule has 0 aliphatic carbocycles. The lowest BCUT2D eigenvalue weighted by molar-refractivity contribution is -0.141. The summed E-state index contributed by atoms with van der Waals surface area (Å²) >= 11 is 5.40. The minimum Gasteiger partial charge on any atom is -0.480 e. The van der Waals surface area contributed by atoms with Gasteiger partial charge in [0.2, 0.25) is 17.7 Å². The molecule has 0 aromatic rings. The molecule has 0 aromatic heterocycles. The Bertz CT molecular complexity index is 506. The van der Waals surface area contributed by atoms with Crippen molar-refractivity contribution in [2.24, 2.45) is 5.73 Å². The van der Waals surface area contributed by atoms with E-state index in [9.17, 15) is 24.3 Å². The highest BCUT2D eigenvalue weighted by Gasteiger charge is 2.26. The van der Waals surface area contributed by atoms with Gasteiger partial charge in [-0.05, 0) is 25.4 Å². The average Bonchev–Trinajstić information content (AvgIpc) is 2.59. The Morgan fingerprint density at radius 3 is 2.23 bits per heavy atom. The maximum atomic E-state index is 12.0. The quantitative estimate of drug-likeness (QED) is 0.174. The van der Waals surface area contributed by atoms with Gasteiger partial charge >= 0.3 is 5.97 Å². The zero-order valence-corrected chi connectivity index (χ0v) is 16.3. The van der Waals surface area contributed by atoms with Gasteiger partial charge in [-0.15, -0.1) is 0 Å². The molecular formula is C14H26N4O6S2. The van der Waals surface area contributed by atoms with Crippen LogP contribution in [0.1, 0.15) is 13.3 Å². The van der Waals surface area contributed by atoms with Gasteiger partial charge in [0, 0.05) is 5.75 Å². The first kappa shape index (κ1) is 24.5. The Hall–Kier alpha value is -1.50. The lowest BCUT2D eigenvalue weighted by atomic mass is 10.1. The molecule has 0 rings (SSSR count). The van der Waals surface area contributed by atoms with Gasteiger partial charge in [-0.1, -0.05) is 0 Å². The molecule has 4 atom stereocenters. The predicted octanol–water partition coefficient (Wildman–Crippen LogP) is -2.45. The van der Waals surface area contributed by atoms with Crippen molar-refractivity contribution in [1.82, 2.24) is 16.0 Å². The highest BCUT2D eigenvalue weighted by Crippen LogP contribution is 2.01. The minimum atomic E-state index is -1.21. The van der Waals surface area contributed by atoms with E-state index in [-0.39, 0.29) is 12.2 Å². The molecule has 0 fully saturated rings. The molecule has 0 aliphatic rings. The number of aliphatic hydroxyl groups is 1. The van der Waals surface area contributed by atoms with Gasteiger partial charge in [0.25, 0.3) is 0 Å². The van der Waals surface area contributed by atoms with Crippen molar-refractivity contribution >= 4 is 48.1 Å². The van der Waals surface area contributed by atoms with Gasteiger partial charge in [0.05, 0.1) is 12.6 Å². The van der Waals surface area contributed by atoms with E-state index in [2.05, 4.69) is 28.6 Å². The van der Waals surface area contributed by atoms with E-state index >= 15 is 0 Å². The van der Waals surface area contributed by atoms with Gasteiger partial charge in [-0.2, -0.15) is 24.4 Å². The first-order valence-corrected chi connectivity index (χ1v) is 9.80. The average molecular weight is 411 g/mol. The number of hydrogen-bond donors (Lipinski definition) is 7. The zero-order valence-electron chi connectivity index (χ0n) is 14.6. The summed E-state index contributed by atoms with van der Waals surface area (Å²) in [5.41, 5.74) is 5.47. The predicted molar refractivity (Wildman–Crippen MR) is 101 cm³/mol. The van der Waals surface area contributed by atoms with Gasteiger partial charge in [-0.3, -0.25) is 14.4 Å². The summed E-state index contributed by atoms with van der Waals surface area (Å²) in [6.45, 7) is 0.880. The second kappa shape index (κ2) is 12.8. The van der Waals surface area contributed by atoms with Crippen LogP contribution >= 0.6 is 24.4 Å². The van der Waals surface area contributed by atoms with Crippen molar-refractivity contribution in [1.29, 1.82) is 0 Å². The molecule has 12 heteroatoms. The van der Waals surface area contributed by atoms with Crippen LogP contribution in [0.5, 0.6) is 0 Å². The van der Waals surface area contributed by atoms with Crippen LogP contribution in [0.4, 0.5) is 0 Å². The van der Waals surface area contributed by atoms with E-state index < -0.39 is 54.5 Å². The van der Waals surface area contributed by atoms with Crippen LogP contribution in [0.15, 0.2) is 0 Å². The molecule has 0 radical (unpaired) electrons. The third-order valence-electron chi connectivity index (χ3n) is 3.31. The fraction of sp³-hybridized carbons (Fsp3) is 0.714. The van der Waals surface area contributed by atoms with Crippen molar-refractivity contribution in [3.8, 4) is 0 Å². The maximum absolute atomic E-state index is 12.0. The van der Waals surface area contributed by atoms with Crippen LogP contribution < -0.4 is 21.7 Å². The Balaban J connectivity index is 4.52. The van der Waals surface area contributed by atoms with Gasteiger partial charge in [0.1, 0.15) is 18.1 Å². The molecule has 0 aromatic carbocycles. The Kier molecular flexibility index (Phi) is 12.1. The second-order valence-electron chi connectivity index (χ2n) is 5.47. The number of carboxylic acid groups (broad SMARTS) is 1. The highest BCUT2D eigenvalue weighted by atomic mass is 32.2. The molecule has 10 nitrogen and oxygen atoms in total. The van der Waals surface area contributed by atoms with Crippen molar-refractivity contribution < 1.29 is 29.4 Å². The molecule has 26 heavy (non-hydrogen) atoms.